The molecule has 182 valence electrons. The molecule has 2 aromatic carbocycles. The average molecular weight is 463 g/mol. The van der Waals surface area contributed by atoms with E-state index in [-0.39, 0.29) is 0 Å². The molecular formula is C28H42N6+2. The van der Waals surface area contributed by atoms with Crippen molar-refractivity contribution in [2.45, 2.75) is 37.8 Å². The molecule has 5 saturated heterocycles. The zero-order valence-electron chi connectivity index (χ0n) is 20.6. The van der Waals surface area contributed by atoms with Gasteiger partial charge in [0.1, 0.15) is 39.3 Å². The molecule has 5 aliphatic rings. The fourth-order valence-corrected chi connectivity index (χ4v) is 7.45. The van der Waals surface area contributed by atoms with E-state index in [9.17, 15) is 0 Å². The Balaban J connectivity index is 1.10. The van der Waals surface area contributed by atoms with Crippen LogP contribution >= 0.6 is 0 Å². The Bertz CT molecular complexity index is 881. The summed E-state index contributed by atoms with van der Waals surface area (Å²) in [4.78, 5) is 5.33. The molecule has 0 amide bonds. The van der Waals surface area contributed by atoms with Crippen LogP contribution in [0.5, 0.6) is 0 Å². The Kier molecular flexibility index (Phi) is 5.61. The fraction of sp³-hybridized carbons (Fsp3) is 0.571. The molecule has 7 rings (SSSR count). The van der Waals surface area contributed by atoms with E-state index in [0.29, 0.717) is 12.1 Å². The van der Waals surface area contributed by atoms with Crippen LogP contribution in [-0.2, 0) is 0 Å². The second kappa shape index (κ2) is 8.65. The van der Waals surface area contributed by atoms with Gasteiger partial charge in [-0.15, -0.1) is 0 Å². The summed E-state index contributed by atoms with van der Waals surface area (Å²) in [5.74, 6) is 0. The van der Waals surface area contributed by atoms with Crippen LogP contribution in [0, 0.1) is 0 Å². The largest absolute Gasteiger partial charge is 0.399 e. The van der Waals surface area contributed by atoms with E-state index < -0.39 is 0 Å². The number of piperazine rings is 3. The molecule has 5 fully saturated rings. The highest BCUT2D eigenvalue weighted by atomic mass is 15.5. The Morgan fingerprint density at radius 1 is 0.588 bits per heavy atom. The number of quaternary nitrogens is 2. The lowest BCUT2D eigenvalue weighted by Gasteiger charge is -2.57. The molecule has 2 unspecified atom stereocenters. The van der Waals surface area contributed by atoms with Gasteiger partial charge in [0.05, 0.1) is 25.2 Å². The third-order valence-electron chi connectivity index (χ3n) is 9.55. The number of nitrogens with zero attached hydrogens (tertiary/aromatic N) is 4. The second-order valence-electron chi connectivity index (χ2n) is 11.6. The number of benzene rings is 2. The maximum absolute atomic E-state index is 5.94. The molecule has 2 atom stereocenters. The first-order valence-electron chi connectivity index (χ1n) is 13.5. The van der Waals surface area contributed by atoms with E-state index in [1.165, 1.54) is 111 Å². The zero-order chi connectivity index (χ0) is 23.2. The van der Waals surface area contributed by atoms with E-state index in [2.05, 4.69) is 58.3 Å². The molecule has 5 aliphatic heterocycles. The van der Waals surface area contributed by atoms with Gasteiger partial charge in [0.25, 0.3) is 0 Å². The maximum Gasteiger partial charge on any atom is 0.129 e. The Hall–Kier alpha value is -2.44. The van der Waals surface area contributed by atoms with Crippen molar-refractivity contribution in [2.75, 3.05) is 86.7 Å². The summed E-state index contributed by atoms with van der Waals surface area (Å²) in [5, 5.41) is 0. The van der Waals surface area contributed by atoms with Crippen LogP contribution in [0.3, 0.4) is 0 Å². The van der Waals surface area contributed by atoms with Crippen LogP contribution in [0.15, 0.2) is 48.5 Å². The van der Waals surface area contributed by atoms with E-state index in [1.54, 1.807) is 0 Å². The van der Waals surface area contributed by atoms with Crippen molar-refractivity contribution in [3.8, 4) is 0 Å². The van der Waals surface area contributed by atoms with Crippen LogP contribution < -0.4 is 21.3 Å². The molecule has 2 bridgehead atoms. The first-order valence-corrected chi connectivity index (χ1v) is 13.5. The van der Waals surface area contributed by atoms with Gasteiger partial charge in [0, 0.05) is 35.8 Å². The van der Waals surface area contributed by atoms with Gasteiger partial charge in [-0.05, 0) is 74.2 Å². The van der Waals surface area contributed by atoms with Crippen LogP contribution in [-0.4, -0.2) is 86.5 Å². The van der Waals surface area contributed by atoms with E-state index in [0.717, 1.165) is 11.4 Å². The van der Waals surface area contributed by atoms with Gasteiger partial charge in [-0.2, -0.15) is 0 Å². The van der Waals surface area contributed by atoms with Crippen molar-refractivity contribution in [1.29, 1.82) is 0 Å². The molecule has 0 spiro atoms. The van der Waals surface area contributed by atoms with Crippen molar-refractivity contribution in [3.05, 3.63) is 48.5 Å². The predicted octanol–water partition coefficient (Wildman–Crippen LogP) is 3.15. The monoisotopic (exact) mass is 462 g/mol. The molecule has 4 N–H and O–H groups in total. The summed E-state index contributed by atoms with van der Waals surface area (Å²) in [7, 11) is 0. The number of hydrogen-bond donors (Lipinski definition) is 2. The molecular weight excluding hydrogens is 420 g/mol. The summed E-state index contributed by atoms with van der Waals surface area (Å²) in [6.07, 6.45) is 5.31. The number of fused-ring (bicyclic) bond motifs is 3. The summed E-state index contributed by atoms with van der Waals surface area (Å²) in [6, 6.07) is 18.5. The number of hydrogen-bond acceptors (Lipinski definition) is 4. The minimum Gasteiger partial charge on any atom is -0.399 e. The highest BCUT2D eigenvalue weighted by molar-refractivity contribution is 5.55. The van der Waals surface area contributed by atoms with Gasteiger partial charge >= 0.3 is 0 Å². The smallest absolute Gasteiger partial charge is 0.129 e. The molecule has 5 heterocycles. The number of anilines is 4. The molecule has 0 radical (unpaired) electrons. The topological polar surface area (TPSA) is 58.5 Å². The predicted molar refractivity (Wildman–Crippen MR) is 142 cm³/mol. The van der Waals surface area contributed by atoms with E-state index >= 15 is 0 Å². The van der Waals surface area contributed by atoms with Gasteiger partial charge < -0.3 is 30.2 Å². The van der Waals surface area contributed by atoms with Gasteiger partial charge in [-0.3, -0.25) is 0 Å². The quantitative estimate of drug-likeness (QED) is 0.512. The highest BCUT2D eigenvalue weighted by Crippen LogP contribution is 2.35. The standard InChI is InChI=1S/C28H42N6/c29-23-5-9-25(10-6-23)31-13-1-3-27(31)21-33-15-18-34(19-16-33,20-17-33)22-28-4-2-14-32(28)26-11-7-24(30)8-12-26/h5-12,27-28H,1-4,13-22,29-30H2/q+2. The Morgan fingerprint density at radius 3 is 1.29 bits per heavy atom. The lowest BCUT2D eigenvalue weighted by atomic mass is 10.0. The van der Waals surface area contributed by atoms with Crippen LogP contribution in [0.4, 0.5) is 22.7 Å². The van der Waals surface area contributed by atoms with Crippen molar-refractivity contribution in [3.63, 3.8) is 0 Å². The third kappa shape index (κ3) is 4.11. The van der Waals surface area contributed by atoms with Crippen LogP contribution in [0.25, 0.3) is 0 Å². The minimum absolute atomic E-state index is 0.678. The second-order valence-corrected chi connectivity index (χ2v) is 11.6. The summed E-state index contributed by atoms with van der Waals surface area (Å²) in [6.45, 7) is 13.2. The molecule has 0 aliphatic carbocycles. The van der Waals surface area contributed by atoms with Crippen LogP contribution in [0.1, 0.15) is 25.7 Å². The lowest BCUT2D eigenvalue weighted by molar-refractivity contribution is -1.08. The third-order valence-corrected chi connectivity index (χ3v) is 9.55. The van der Waals surface area contributed by atoms with Crippen molar-refractivity contribution in [1.82, 2.24) is 0 Å². The molecule has 6 nitrogen and oxygen atoms in total. The molecule has 2 aromatic rings. The molecule has 0 saturated carbocycles. The Labute approximate surface area is 204 Å². The number of nitrogens with two attached hydrogens (primary N) is 2. The lowest BCUT2D eigenvalue weighted by Crippen LogP contribution is -2.77. The van der Waals surface area contributed by atoms with Crippen molar-refractivity contribution >= 4 is 22.7 Å². The van der Waals surface area contributed by atoms with E-state index in [1.807, 2.05) is 0 Å². The maximum atomic E-state index is 5.94. The van der Waals surface area contributed by atoms with Crippen LogP contribution in [0.2, 0.25) is 0 Å². The number of rotatable bonds is 6. The fourth-order valence-electron chi connectivity index (χ4n) is 7.45. The Morgan fingerprint density at radius 2 is 0.941 bits per heavy atom. The summed E-state index contributed by atoms with van der Waals surface area (Å²) >= 11 is 0. The van der Waals surface area contributed by atoms with Gasteiger partial charge in [0.2, 0.25) is 0 Å². The van der Waals surface area contributed by atoms with Crippen molar-refractivity contribution in [2.24, 2.45) is 0 Å². The summed E-state index contributed by atoms with van der Waals surface area (Å²) in [5.41, 5.74) is 16.3. The first kappa shape index (κ1) is 22.1. The molecule has 34 heavy (non-hydrogen) atoms. The van der Waals surface area contributed by atoms with Crippen molar-refractivity contribution < 1.29 is 8.97 Å². The summed E-state index contributed by atoms with van der Waals surface area (Å²) < 4.78 is 2.70. The normalized spacial score (nSPS) is 33.1. The first-order chi connectivity index (χ1) is 16.5. The van der Waals surface area contributed by atoms with Gasteiger partial charge in [-0.1, -0.05) is 0 Å². The minimum atomic E-state index is 0.678. The SMILES string of the molecule is Nc1ccc(N2CCCC2C[N+]23CC[N+](CC4CCCN4c4ccc(N)cc4)(CC2)CC3)cc1. The molecule has 6 heteroatoms. The number of nitrogen functional groups attached to an aromatic ring is 2. The van der Waals surface area contributed by atoms with Gasteiger partial charge in [-0.25, -0.2) is 0 Å². The highest BCUT2D eigenvalue weighted by Gasteiger charge is 2.51. The van der Waals surface area contributed by atoms with E-state index in [4.69, 9.17) is 11.5 Å². The average Bonchev–Trinajstić information content (AvgIpc) is 3.51. The van der Waals surface area contributed by atoms with Gasteiger partial charge in [0.15, 0.2) is 0 Å². The zero-order valence-corrected chi connectivity index (χ0v) is 20.6. The molecule has 0 aromatic heterocycles.